The van der Waals surface area contributed by atoms with Crippen LogP contribution in [0.3, 0.4) is 0 Å². The molecule has 0 atom stereocenters. The van der Waals surface area contributed by atoms with Crippen LogP contribution in [0.4, 0.5) is 5.69 Å². The largest absolute Gasteiger partial charge is 0.508 e. The fraction of sp³-hybridized carbons (Fsp3) is 0.333. The first kappa shape index (κ1) is 13.0. The Balaban J connectivity index is 1.73. The average Bonchev–Trinajstić information content (AvgIpc) is 3.26. The first-order valence-electron chi connectivity index (χ1n) is 7.26. The number of aromatic hydroxyl groups is 1. The normalized spacial score (nSPS) is 14.3. The van der Waals surface area contributed by atoms with Gasteiger partial charge in [-0.05, 0) is 67.0 Å². The molecule has 2 aromatic carbocycles. The summed E-state index contributed by atoms with van der Waals surface area (Å²) < 4.78 is 0. The molecule has 0 radical (unpaired) electrons. The summed E-state index contributed by atoms with van der Waals surface area (Å²) in [5.41, 5.74) is 5.87. The quantitative estimate of drug-likeness (QED) is 0.799. The van der Waals surface area contributed by atoms with Crippen LogP contribution in [-0.4, -0.2) is 5.11 Å². The monoisotopic (exact) mass is 267 g/mol. The first-order valence-corrected chi connectivity index (χ1v) is 7.26. The van der Waals surface area contributed by atoms with Crippen LogP contribution >= 0.6 is 0 Å². The van der Waals surface area contributed by atoms with Crippen molar-refractivity contribution in [1.82, 2.24) is 0 Å². The van der Waals surface area contributed by atoms with Crippen molar-refractivity contribution < 1.29 is 5.11 Å². The summed E-state index contributed by atoms with van der Waals surface area (Å²) in [5.74, 6) is 1.16. The molecule has 3 rings (SSSR count). The van der Waals surface area contributed by atoms with E-state index >= 15 is 0 Å². The maximum Gasteiger partial charge on any atom is 0.118 e. The van der Waals surface area contributed by atoms with Crippen molar-refractivity contribution in [1.29, 1.82) is 0 Å². The van der Waals surface area contributed by atoms with Crippen LogP contribution in [0.5, 0.6) is 5.75 Å². The molecule has 1 saturated carbocycles. The van der Waals surface area contributed by atoms with Gasteiger partial charge in [0.2, 0.25) is 0 Å². The maximum absolute atomic E-state index is 9.69. The minimum atomic E-state index is 0.365. The summed E-state index contributed by atoms with van der Waals surface area (Å²) >= 11 is 0. The maximum atomic E-state index is 9.69. The average molecular weight is 267 g/mol. The van der Waals surface area contributed by atoms with Crippen molar-refractivity contribution in [2.45, 2.75) is 39.2 Å². The molecule has 1 aliphatic rings. The van der Waals surface area contributed by atoms with Crippen LogP contribution in [0.25, 0.3) is 0 Å². The summed E-state index contributed by atoms with van der Waals surface area (Å²) in [4.78, 5) is 0. The number of phenols is 1. The molecule has 0 heterocycles. The standard InChI is InChI=1S/C18H21NO/c1-12-9-18(20)13(2)8-17(12)19-11-14-4-3-5-16(10-14)15-6-7-15/h3-5,8-10,15,19-20H,6-7,11H2,1-2H3. The van der Waals surface area contributed by atoms with Crippen molar-refractivity contribution in [2.24, 2.45) is 0 Å². The van der Waals surface area contributed by atoms with Crippen molar-refractivity contribution in [3.63, 3.8) is 0 Å². The van der Waals surface area contributed by atoms with Gasteiger partial charge in [-0.25, -0.2) is 0 Å². The van der Waals surface area contributed by atoms with Gasteiger partial charge in [0.05, 0.1) is 0 Å². The molecule has 0 aromatic heterocycles. The van der Waals surface area contributed by atoms with Crippen molar-refractivity contribution in [3.8, 4) is 5.75 Å². The van der Waals surface area contributed by atoms with Gasteiger partial charge in [0, 0.05) is 12.2 Å². The molecule has 104 valence electrons. The predicted octanol–water partition coefficient (Wildman–Crippen LogP) is 4.50. The molecule has 0 spiro atoms. The molecular weight excluding hydrogens is 246 g/mol. The zero-order valence-corrected chi connectivity index (χ0v) is 12.1. The van der Waals surface area contributed by atoms with Crippen LogP contribution in [0, 0.1) is 13.8 Å². The minimum absolute atomic E-state index is 0.365. The Kier molecular flexibility index (Phi) is 3.39. The zero-order chi connectivity index (χ0) is 14.1. The zero-order valence-electron chi connectivity index (χ0n) is 12.1. The Morgan fingerprint density at radius 2 is 1.90 bits per heavy atom. The Bertz CT molecular complexity index is 629. The predicted molar refractivity (Wildman–Crippen MR) is 83.3 cm³/mol. The molecular formula is C18H21NO. The highest BCUT2D eigenvalue weighted by Crippen LogP contribution is 2.40. The molecule has 2 N–H and O–H groups in total. The van der Waals surface area contributed by atoms with Gasteiger partial charge in [-0.2, -0.15) is 0 Å². The second-order valence-electron chi connectivity index (χ2n) is 5.83. The topological polar surface area (TPSA) is 32.3 Å². The Morgan fingerprint density at radius 1 is 1.10 bits per heavy atom. The van der Waals surface area contributed by atoms with Gasteiger partial charge in [-0.1, -0.05) is 24.3 Å². The van der Waals surface area contributed by atoms with Crippen LogP contribution in [0.15, 0.2) is 36.4 Å². The van der Waals surface area contributed by atoms with E-state index in [2.05, 4.69) is 29.6 Å². The van der Waals surface area contributed by atoms with Crippen molar-refractivity contribution in [3.05, 3.63) is 58.7 Å². The van der Waals surface area contributed by atoms with E-state index in [4.69, 9.17) is 0 Å². The highest BCUT2D eigenvalue weighted by atomic mass is 16.3. The smallest absolute Gasteiger partial charge is 0.118 e. The Morgan fingerprint density at radius 3 is 2.65 bits per heavy atom. The van der Waals surface area contributed by atoms with Gasteiger partial charge >= 0.3 is 0 Å². The minimum Gasteiger partial charge on any atom is -0.508 e. The van der Waals surface area contributed by atoms with Crippen LogP contribution in [0.2, 0.25) is 0 Å². The molecule has 1 fully saturated rings. The third-order valence-corrected chi connectivity index (χ3v) is 4.03. The van der Waals surface area contributed by atoms with Gasteiger partial charge < -0.3 is 10.4 Å². The van der Waals surface area contributed by atoms with Crippen LogP contribution < -0.4 is 5.32 Å². The second-order valence-corrected chi connectivity index (χ2v) is 5.83. The molecule has 20 heavy (non-hydrogen) atoms. The first-order chi connectivity index (χ1) is 9.63. The molecule has 2 aromatic rings. The van der Waals surface area contributed by atoms with E-state index in [1.165, 1.54) is 24.0 Å². The van der Waals surface area contributed by atoms with Crippen molar-refractivity contribution >= 4 is 5.69 Å². The summed E-state index contributed by atoms with van der Waals surface area (Å²) in [5, 5.41) is 13.2. The molecule has 0 aliphatic heterocycles. The highest BCUT2D eigenvalue weighted by Gasteiger charge is 2.23. The SMILES string of the molecule is Cc1cc(NCc2cccc(C3CC3)c2)c(C)cc1O. The van der Waals surface area contributed by atoms with E-state index in [0.29, 0.717) is 5.75 Å². The van der Waals surface area contributed by atoms with E-state index in [1.54, 1.807) is 0 Å². The summed E-state index contributed by atoms with van der Waals surface area (Å²) in [6, 6.07) is 12.7. The Labute approximate surface area is 120 Å². The van der Waals surface area contributed by atoms with Gasteiger partial charge in [0.1, 0.15) is 5.75 Å². The summed E-state index contributed by atoms with van der Waals surface area (Å²) in [7, 11) is 0. The second kappa shape index (κ2) is 5.20. The lowest BCUT2D eigenvalue weighted by molar-refractivity contribution is 0.471. The van der Waals surface area contributed by atoms with Crippen LogP contribution in [0.1, 0.15) is 41.0 Å². The fourth-order valence-corrected chi connectivity index (χ4v) is 2.56. The molecule has 1 aliphatic carbocycles. The lowest BCUT2D eigenvalue weighted by Gasteiger charge is -2.12. The molecule has 0 saturated heterocycles. The number of hydrogen-bond acceptors (Lipinski definition) is 2. The van der Waals surface area contributed by atoms with Gasteiger partial charge in [-0.3, -0.25) is 0 Å². The fourth-order valence-electron chi connectivity index (χ4n) is 2.56. The molecule has 0 unspecified atom stereocenters. The molecule has 0 amide bonds. The third kappa shape index (κ3) is 2.79. The number of rotatable bonds is 4. The molecule has 2 nitrogen and oxygen atoms in total. The number of nitrogens with one attached hydrogen (secondary N) is 1. The van der Waals surface area contributed by atoms with Gasteiger partial charge in [0.25, 0.3) is 0 Å². The lowest BCUT2D eigenvalue weighted by atomic mass is 10.1. The van der Waals surface area contributed by atoms with Crippen LogP contribution in [-0.2, 0) is 6.54 Å². The van der Waals surface area contributed by atoms with E-state index in [-0.39, 0.29) is 0 Å². The van der Waals surface area contributed by atoms with Gasteiger partial charge in [0.15, 0.2) is 0 Å². The summed E-state index contributed by atoms with van der Waals surface area (Å²) in [6.07, 6.45) is 2.68. The number of anilines is 1. The number of hydrogen-bond donors (Lipinski definition) is 2. The van der Waals surface area contributed by atoms with E-state index < -0.39 is 0 Å². The number of phenolic OH excluding ortho intramolecular Hbond substituents is 1. The lowest BCUT2D eigenvalue weighted by Crippen LogP contribution is -2.02. The van der Waals surface area contributed by atoms with E-state index in [1.807, 2.05) is 26.0 Å². The van der Waals surface area contributed by atoms with E-state index in [9.17, 15) is 5.11 Å². The molecule has 2 heteroatoms. The van der Waals surface area contributed by atoms with E-state index in [0.717, 1.165) is 29.3 Å². The number of aryl methyl sites for hydroxylation is 2. The highest BCUT2D eigenvalue weighted by molar-refractivity contribution is 5.56. The number of benzene rings is 2. The van der Waals surface area contributed by atoms with Crippen molar-refractivity contribution in [2.75, 3.05) is 5.32 Å². The molecule has 0 bridgehead atoms. The third-order valence-electron chi connectivity index (χ3n) is 4.03. The Hall–Kier alpha value is -1.96. The summed E-state index contributed by atoms with van der Waals surface area (Å²) in [6.45, 7) is 4.77. The van der Waals surface area contributed by atoms with Gasteiger partial charge in [-0.15, -0.1) is 0 Å².